The second kappa shape index (κ2) is 7.47. The van der Waals surface area contributed by atoms with Crippen molar-refractivity contribution in [2.75, 3.05) is 31.6 Å². The van der Waals surface area contributed by atoms with Gasteiger partial charge in [-0.1, -0.05) is 48.2 Å². The molecule has 1 atom stereocenters. The highest BCUT2D eigenvalue weighted by Gasteiger charge is 2.33. The number of amides is 2. The molecule has 2 aromatic carbocycles. The number of ether oxygens (including phenoxy) is 1. The first kappa shape index (κ1) is 17.1. The Morgan fingerprint density at radius 3 is 2.81 bits per heavy atom. The van der Waals surface area contributed by atoms with E-state index < -0.39 is 5.25 Å². The molecule has 2 heterocycles. The lowest BCUT2D eigenvalue weighted by Crippen LogP contribution is -2.39. The number of thioether (sulfide) groups is 1. The van der Waals surface area contributed by atoms with E-state index >= 15 is 0 Å². The molecule has 0 saturated carbocycles. The van der Waals surface area contributed by atoms with Crippen molar-refractivity contribution in [3.05, 3.63) is 42.5 Å². The third-order valence-electron chi connectivity index (χ3n) is 4.45. The number of fused-ring (bicyclic) bond motifs is 1. The van der Waals surface area contributed by atoms with Gasteiger partial charge in [0.1, 0.15) is 5.25 Å². The minimum absolute atomic E-state index is 0.115. The van der Waals surface area contributed by atoms with Gasteiger partial charge in [-0.05, 0) is 11.5 Å². The van der Waals surface area contributed by atoms with Gasteiger partial charge in [-0.3, -0.25) is 9.59 Å². The van der Waals surface area contributed by atoms with Crippen LogP contribution in [0.2, 0.25) is 0 Å². The minimum atomic E-state index is -0.456. The Morgan fingerprint density at radius 2 is 1.96 bits per heavy atom. The standard InChI is InChI=1S/C19H19N3O3S/c23-17(20-15-7-3-5-13-4-1-2-6-14(13)15)12-16-18(24)21-19(26-16)22-8-10-25-11-9-22/h1-7,16H,8-12H2,(H,20,23). The minimum Gasteiger partial charge on any atom is -0.378 e. The largest absolute Gasteiger partial charge is 0.378 e. The quantitative estimate of drug-likeness (QED) is 0.900. The predicted octanol–water partition coefficient (Wildman–Crippen LogP) is 2.50. The number of anilines is 1. The average molecular weight is 369 g/mol. The number of carbonyl (C=O) groups excluding carboxylic acids is 2. The lowest BCUT2D eigenvalue weighted by Gasteiger charge is -2.27. The van der Waals surface area contributed by atoms with Crippen molar-refractivity contribution in [2.45, 2.75) is 11.7 Å². The van der Waals surface area contributed by atoms with Crippen LogP contribution < -0.4 is 5.32 Å². The van der Waals surface area contributed by atoms with Crippen LogP contribution in [0.3, 0.4) is 0 Å². The van der Waals surface area contributed by atoms with E-state index in [4.69, 9.17) is 4.74 Å². The summed E-state index contributed by atoms with van der Waals surface area (Å²) in [6.45, 7) is 2.74. The van der Waals surface area contributed by atoms with Gasteiger partial charge in [0.25, 0.3) is 5.91 Å². The Kier molecular flexibility index (Phi) is 4.90. The van der Waals surface area contributed by atoms with Crippen molar-refractivity contribution < 1.29 is 14.3 Å². The highest BCUT2D eigenvalue weighted by molar-refractivity contribution is 8.15. The van der Waals surface area contributed by atoms with Crippen LogP contribution in [0.4, 0.5) is 5.69 Å². The fraction of sp³-hybridized carbons (Fsp3) is 0.316. The summed E-state index contributed by atoms with van der Waals surface area (Å²) in [7, 11) is 0. The van der Waals surface area contributed by atoms with Crippen molar-refractivity contribution in [3.8, 4) is 0 Å². The van der Waals surface area contributed by atoms with Crippen molar-refractivity contribution in [1.29, 1.82) is 0 Å². The van der Waals surface area contributed by atoms with E-state index in [1.807, 2.05) is 42.5 Å². The zero-order valence-corrected chi connectivity index (χ0v) is 15.0. The monoisotopic (exact) mass is 369 g/mol. The summed E-state index contributed by atoms with van der Waals surface area (Å²) in [6.07, 6.45) is 0.115. The molecule has 2 amide bonds. The van der Waals surface area contributed by atoms with Crippen LogP contribution in [-0.2, 0) is 14.3 Å². The molecule has 1 unspecified atom stereocenters. The number of carbonyl (C=O) groups is 2. The molecule has 4 rings (SSSR count). The van der Waals surface area contributed by atoms with Crippen LogP contribution in [0.25, 0.3) is 10.8 Å². The van der Waals surface area contributed by atoms with E-state index in [-0.39, 0.29) is 18.2 Å². The number of morpholine rings is 1. The number of rotatable bonds is 3. The van der Waals surface area contributed by atoms with Crippen LogP contribution in [0, 0.1) is 0 Å². The van der Waals surface area contributed by atoms with Gasteiger partial charge in [0.2, 0.25) is 5.91 Å². The second-order valence-corrected chi connectivity index (χ2v) is 7.39. The smallest absolute Gasteiger partial charge is 0.262 e. The van der Waals surface area contributed by atoms with Gasteiger partial charge < -0.3 is 15.0 Å². The number of hydrogen-bond donors (Lipinski definition) is 1. The van der Waals surface area contributed by atoms with Gasteiger partial charge in [0.15, 0.2) is 5.17 Å². The third kappa shape index (κ3) is 3.59. The molecule has 0 aromatic heterocycles. The summed E-state index contributed by atoms with van der Waals surface area (Å²) in [4.78, 5) is 30.8. The number of aliphatic imine (C=N–C) groups is 1. The molecule has 1 saturated heterocycles. The Bertz CT molecular complexity index is 872. The molecule has 2 aromatic rings. The van der Waals surface area contributed by atoms with Crippen molar-refractivity contribution in [3.63, 3.8) is 0 Å². The summed E-state index contributed by atoms with van der Waals surface area (Å²) in [5.41, 5.74) is 0.762. The van der Waals surface area contributed by atoms with Crippen molar-refractivity contribution >= 4 is 45.2 Å². The molecule has 2 aliphatic rings. The van der Waals surface area contributed by atoms with E-state index in [1.54, 1.807) is 0 Å². The number of nitrogens with one attached hydrogen (secondary N) is 1. The van der Waals surface area contributed by atoms with Gasteiger partial charge in [-0.25, -0.2) is 0 Å². The van der Waals surface area contributed by atoms with Crippen LogP contribution in [-0.4, -0.2) is 53.4 Å². The number of benzene rings is 2. The maximum Gasteiger partial charge on any atom is 0.262 e. The fourth-order valence-electron chi connectivity index (χ4n) is 3.10. The van der Waals surface area contributed by atoms with Gasteiger partial charge in [0.05, 0.1) is 13.2 Å². The number of hydrogen-bond acceptors (Lipinski definition) is 5. The molecule has 2 aliphatic heterocycles. The SMILES string of the molecule is O=C(CC1SC(N2CCOCC2)=NC1=O)Nc1cccc2ccccc12. The summed E-state index contributed by atoms with van der Waals surface area (Å²) < 4.78 is 5.32. The van der Waals surface area contributed by atoms with Crippen LogP contribution in [0.1, 0.15) is 6.42 Å². The number of amidine groups is 1. The van der Waals surface area contributed by atoms with Gasteiger partial charge in [-0.15, -0.1) is 0 Å². The van der Waals surface area contributed by atoms with E-state index in [9.17, 15) is 9.59 Å². The predicted molar refractivity (Wildman–Crippen MR) is 103 cm³/mol. The van der Waals surface area contributed by atoms with E-state index in [0.717, 1.165) is 29.5 Å². The lowest BCUT2D eigenvalue weighted by molar-refractivity contribution is -0.121. The van der Waals surface area contributed by atoms with Crippen LogP contribution >= 0.6 is 11.8 Å². The topological polar surface area (TPSA) is 71.0 Å². The van der Waals surface area contributed by atoms with E-state index in [1.165, 1.54) is 11.8 Å². The summed E-state index contributed by atoms with van der Waals surface area (Å²) in [5.74, 6) is -0.407. The Labute approximate surface area is 155 Å². The first-order valence-electron chi connectivity index (χ1n) is 8.60. The van der Waals surface area contributed by atoms with E-state index in [2.05, 4.69) is 15.2 Å². The highest BCUT2D eigenvalue weighted by atomic mass is 32.2. The van der Waals surface area contributed by atoms with Gasteiger partial charge in [0, 0.05) is 30.6 Å². The molecular weight excluding hydrogens is 350 g/mol. The Balaban J connectivity index is 1.40. The Hall–Kier alpha value is -2.38. The van der Waals surface area contributed by atoms with Gasteiger partial charge in [-0.2, -0.15) is 4.99 Å². The highest BCUT2D eigenvalue weighted by Crippen LogP contribution is 2.29. The normalized spacial score (nSPS) is 20.3. The third-order valence-corrected chi connectivity index (χ3v) is 5.66. The molecular formula is C19H19N3O3S. The van der Waals surface area contributed by atoms with Crippen molar-refractivity contribution in [2.24, 2.45) is 4.99 Å². The maximum atomic E-state index is 12.5. The molecule has 1 N–H and O–H groups in total. The fourth-order valence-corrected chi connectivity index (χ4v) is 4.22. The van der Waals surface area contributed by atoms with Crippen molar-refractivity contribution in [1.82, 2.24) is 4.90 Å². The molecule has 0 radical (unpaired) electrons. The Morgan fingerprint density at radius 1 is 1.19 bits per heavy atom. The summed E-state index contributed by atoms with van der Waals surface area (Å²) >= 11 is 1.38. The number of nitrogens with zero attached hydrogens (tertiary/aromatic N) is 2. The van der Waals surface area contributed by atoms with Gasteiger partial charge >= 0.3 is 0 Å². The molecule has 26 heavy (non-hydrogen) atoms. The molecule has 1 fully saturated rings. The zero-order valence-electron chi connectivity index (χ0n) is 14.2. The maximum absolute atomic E-state index is 12.5. The average Bonchev–Trinajstić information content (AvgIpc) is 3.03. The molecule has 6 nitrogen and oxygen atoms in total. The summed E-state index contributed by atoms with van der Waals surface area (Å²) in [5, 5.41) is 5.24. The zero-order chi connectivity index (χ0) is 17.9. The van der Waals surface area contributed by atoms with Crippen LogP contribution in [0.5, 0.6) is 0 Å². The molecule has 134 valence electrons. The first-order valence-corrected chi connectivity index (χ1v) is 9.48. The second-order valence-electron chi connectivity index (χ2n) is 6.22. The van der Waals surface area contributed by atoms with Crippen LogP contribution in [0.15, 0.2) is 47.5 Å². The van der Waals surface area contributed by atoms with E-state index in [0.29, 0.717) is 18.4 Å². The molecule has 0 spiro atoms. The molecule has 0 aliphatic carbocycles. The lowest BCUT2D eigenvalue weighted by atomic mass is 10.1. The summed E-state index contributed by atoms with van der Waals surface area (Å²) in [6, 6.07) is 13.7. The molecule has 7 heteroatoms. The first-order chi connectivity index (χ1) is 12.7. The molecule has 0 bridgehead atoms.